The summed E-state index contributed by atoms with van der Waals surface area (Å²) in [6, 6.07) is 19.1. The van der Waals surface area contributed by atoms with Gasteiger partial charge in [0.15, 0.2) is 0 Å². The second-order valence-corrected chi connectivity index (χ2v) is 7.58. The fourth-order valence-corrected chi connectivity index (χ4v) is 3.92. The lowest BCUT2D eigenvalue weighted by Gasteiger charge is -2.26. The van der Waals surface area contributed by atoms with Crippen LogP contribution in [-0.4, -0.2) is 16.8 Å². The molecule has 156 valence electrons. The third kappa shape index (κ3) is 3.63. The quantitative estimate of drug-likeness (QED) is 0.356. The summed E-state index contributed by atoms with van der Waals surface area (Å²) in [5, 5.41) is 11.1. The summed E-state index contributed by atoms with van der Waals surface area (Å²) in [5.41, 5.74) is 2.86. The zero-order chi connectivity index (χ0) is 22.1. The van der Waals surface area contributed by atoms with Crippen molar-refractivity contribution in [2.45, 2.75) is 26.3 Å². The van der Waals surface area contributed by atoms with Crippen molar-refractivity contribution in [1.29, 1.82) is 0 Å². The van der Waals surface area contributed by atoms with Gasteiger partial charge >= 0.3 is 0 Å². The van der Waals surface area contributed by atoms with Crippen molar-refractivity contribution in [3.05, 3.63) is 106 Å². The number of rotatable bonds is 4. The van der Waals surface area contributed by atoms with Crippen LogP contribution in [0.25, 0.3) is 5.76 Å². The lowest BCUT2D eigenvalue weighted by Crippen LogP contribution is -2.29. The summed E-state index contributed by atoms with van der Waals surface area (Å²) < 4.78 is 14.8. The van der Waals surface area contributed by atoms with E-state index in [1.165, 1.54) is 17.0 Å². The van der Waals surface area contributed by atoms with E-state index < -0.39 is 23.5 Å². The Bertz CT molecular complexity index is 1200. The highest BCUT2D eigenvalue weighted by Gasteiger charge is 2.47. The maximum Gasteiger partial charge on any atom is 0.300 e. The third-order valence-electron chi connectivity index (χ3n) is 5.56. The SMILES string of the molecule is CCc1ccc(/C(O)=C2\C(=O)C(=O)N(c3cccc(C)c3)C2c2ccccc2F)cc1. The highest BCUT2D eigenvalue weighted by Crippen LogP contribution is 2.43. The van der Waals surface area contributed by atoms with Crippen LogP contribution in [0, 0.1) is 12.7 Å². The van der Waals surface area contributed by atoms with Crippen molar-refractivity contribution in [2.24, 2.45) is 0 Å². The molecule has 0 aromatic heterocycles. The number of aryl methyl sites for hydroxylation is 2. The normalized spacial score (nSPS) is 17.9. The highest BCUT2D eigenvalue weighted by atomic mass is 19.1. The van der Waals surface area contributed by atoms with Crippen LogP contribution in [0.4, 0.5) is 10.1 Å². The minimum atomic E-state index is -1.08. The van der Waals surface area contributed by atoms with Gasteiger partial charge in [-0.3, -0.25) is 14.5 Å². The van der Waals surface area contributed by atoms with Gasteiger partial charge in [-0.25, -0.2) is 4.39 Å². The second kappa shape index (κ2) is 8.19. The lowest BCUT2D eigenvalue weighted by molar-refractivity contribution is -0.132. The minimum Gasteiger partial charge on any atom is -0.507 e. The van der Waals surface area contributed by atoms with Gasteiger partial charge in [0.25, 0.3) is 11.7 Å². The van der Waals surface area contributed by atoms with E-state index in [1.807, 2.05) is 32.0 Å². The monoisotopic (exact) mass is 415 g/mol. The first-order valence-electron chi connectivity index (χ1n) is 10.1. The number of halogens is 1. The van der Waals surface area contributed by atoms with E-state index in [-0.39, 0.29) is 16.9 Å². The number of amides is 1. The van der Waals surface area contributed by atoms with Gasteiger partial charge in [0, 0.05) is 16.8 Å². The van der Waals surface area contributed by atoms with Gasteiger partial charge in [-0.05, 0) is 42.7 Å². The first kappa shape index (κ1) is 20.5. The van der Waals surface area contributed by atoms with Crippen LogP contribution >= 0.6 is 0 Å². The summed E-state index contributed by atoms with van der Waals surface area (Å²) in [5.74, 6) is -2.51. The molecule has 1 aliphatic rings. The summed E-state index contributed by atoms with van der Waals surface area (Å²) in [6.45, 7) is 3.88. The minimum absolute atomic E-state index is 0.124. The number of aliphatic hydroxyl groups excluding tert-OH is 1. The first-order chi connectivity index (χ1) is 14.9. The zero-order valence-electron chi connectivity index (χ0n) is 17.3. The molecule has 1 N–H and O–H groups in total. The Morgan fingerprint density at radius 2 is 1.71 bits per heavy atom. The van der Waals surface area contributed by atoms with Gasteiger partial charge in [-0.15, -0.1) is 0 Å². The number of carbonyl (C=O) groups excluding carboxylic acids is 2. The molecule has 1 fully saturated rings. The van der Waals surface area contributed by atoms with E-state index in [2.05, 4.69) is 0 Å². The van der Waals surface area contributed by atoms with Crippen LogP contribution in [-0.2, 0) is 16.0 Å². The molecule has 4 nitrogen and oxygen atoms in total. The van der Waals surface area contributed by atoms with Crippen molar-refractivity contribution in [3.63, 3.8) is 0 Å². The van der Waals surface area contributed by atoms with Gasteiger partial charge in [0.1, 0.15) is 11.6 Å². The standard InChI is InChI=1S/C26H22FNO3/c1-3-17-11-13-18(14-12-17)24(29)22-23(20-9-4-5-10-21(20)27)28(26(31)25(22)30)19-8-6-7-16(2)15-19/h4-15,23,29H,3H2,1-2H3/b24-22+. The second-order valence-electron chi connectivity index (χ2n) is 7.58. The molecule has 1 heterocycles. The molecule has 1 amide bonds. The Hall–Kier alpha value is -3.73. The lowest BCUT2D eigenvalue weighted by atomic mass is 9.94. The Labute approximate surface area is 180 Å². The van der Waals surface area contributed by atoms with Crippen LogP contribution in [0.1, 0.15) is 35.2 Å². The Balaban J connectivity index is 1.95. The largest absolute Gasteiger partial charge is 0.507 e. The number of Topliss-reactive ketones (excluding diaryl/α,β-unsaturated/α-hetero) is 1. The van der Waals surface area contributed by atoms with Crippen LogP contribution in [0.15, 0.2) is 78.4 Å². The van der Waals surface area contributed by atoms with Crippen molar-refractivity contribution >= 4 is 23.1 Å². The van der Waals surface area contributed by atoms with E-state index in [0.717, 1.165) is 17.5 Å². The van der Waals surface area contributed by atoms with Crippen LogP contribution in [0.3, 0.4) is 0 Å². The number of aliphatic hydroxyl groups is 1. The average molecular weight is 415 g/mol. The maximum absolute atomic E-state index is 14.8. The molecule has 0 bridgehead atoms. The van der Waals surface area contributed by atoms with Gasteiger partial charge in [-0.1, -0.05) is 61.5 Å². The van der Waals surface area contributed by atoms with E-state index in [1.54, 1.807) is 42.5 Å². The number of ketones is 1. The van der Waals surface area contributed by atoms with Gasteiger partial charge < -0.3 is 5.11 Å². The molecule has 3 aromatic rings. The fourth-order valence-electron chi connectivity index (χ4n) is 3.92. The topological polar surface area (TPSA) is 57.6 Å². The maximum atomic E-state index is 14.8. The average Bonchev–Trinajstić information content (AvgIpc) is 3.04. The first-order valence-corrected chi connectivity index (χ1v) is 10.1. The van der Waals surface area contributed by atoms with Crippen molar-refractivity contribution < 1.29 is 19.1 Å². The molecular weight excluding hydrogens is 393 g/mol. The zero-order valence-corrected chi connectivity index (χ0v) is 17.3. The molecule has 1 atom stereocenters. The number of hydrogen-bond acceptors (Lipinski definition) is 3. The van der Waals surface area contributed by atoms with Crippen LogP contribution in [0.5, 0.6) is 0 Å². The number of benzene rings is 3. The van der Waals surface area contributed by atoms with Crippen molar-refractivity contribution in [3.8, 4) is 0 Å². The molecule has 1 unspecified atom stereocenters. The van der Waals surface area contributed by atoms with Crippen molar-refractivity contribution in [2.75, 3.05) is 4.90 Å². The number of nitrogens with zero attached hydrogens (tertiary/aromatic N) is 1. The van der Waals surface area contributed by atoms with E-state index in [9.17, 15) is 19.1 Å². The molecule has 31 heavy (non-hydrogen) atoms. The molecule has 1 aliphatic heterocycles. The molecule has 1 saturated heterocycles. The third-order valence-corrected chi connectivity index (χ3v) is 5.56. The highest BCUT2D eigenvalue weighted by molar-refractivity contribution is 6.51. The van der Waals surface area contributed by atoms with Crippen LogP contribution < -0.4 is 4.90 Å². The molecule has 0 saturated carbocycles. The summed E-state index contributed by atoms with van der Waals surface area (Å²) in [6.07, 6.45) is 0.827. The molecule has 0 spiro atoms. The number of hydrogen-bond donors (Lipinski definition) is 1. The predicted molar refractivity (Wildman–Crippen MR) is 118 cm³/mol. The predicted octanol–water partition coefficient (Wildman–Crippen LogP) is 5.32. The summed E-state index contributed by atoms with van der Waals surface area (Å²) in [4.78, 5) is 27.4. The molecule has 4 rings (SSSR count). The number of carbonyl (C=O) groups is 2. The van der Waals surface area contributed by atoms with E-state index in [0.29, 0.717) is 11.3 Å². The molecular formula is C26H22FNO3. The van der Waals surface area contributed by atoms with E-state index >= 15 is 0 Å². The smallest absolute Gasteiger partial charge is 0.300 e. The van der Waals surface area contributed by atoms with Gasteiger partial charge in [-0.2, -0.15) is 0 Å². The Kier molecular flexibility index (Phi) is 5.42. The summed E-state index contributed by atoms with van der Waals surface area (Å²) >= 11 is 0. The fraction of sp³-hybridized carbons (Fsp3) is 0.154. The number of anilines is 1. The van der Waals surface area contributed by atoms with Crippen molar-refractivity contribution in [1.82, 2.24) is 0 Å². The van der Waals surface area contributed by atoms with Crippen LogP contribution in [0.2, 0.25) is 0 Å². The molecule has 3 aromatic carbocycles. The van der Waals surface area contributed by atoms with Gasteiger partial charge in [0.05, 0.1) is 11.6 Å². The molecule has 0 aliphatic carbocycles. The molecule has 5 heteroatoms. The summed E-state index contributed by atoms with van der Waals surface area (Å²) in [7, 11) is 0. The molecule has 0 radical (unpaired) electrons. The van der Waals surface area contributed by atoms with Gasteiger partial charge in [0.2, 0.25) is 0 Å². The van der Waals surface area contributed by atoms with E-state index in [4.69, 9.17) is 0 Å². The Morgan fingerprint density at radius 3 is 2.35 bits per heavy atom. The Morgan fingerprint density at radius 1 is 1.00 bits per heavy atom.